The number of benzene rings is 1. The number of hydrogen-bond acceptors (Lipinski definition) is 4. The number of rotatable bonds is 7. The Bertz CT molecular complexity index is 593. The highest BCUT2D eigenvalue weighted by Crippen LogP contribution is 2.27. The molecular formula is C16H19N3OS. The van der Waals surface area contributed by atoms with E-state index in [2.05, 4.69) is 27.8 Å². The predicted octanol–water partition coefficient (Wildman–Crippen LogP) is 2.67. The molecule has 110 valence electrons. The summed E-state index contributed by atoms with van der Waals surface area (Å²) in [6, 6.07) is 10.3. The monoisotopic (exact) mass is 301 g/mol. The van der Waals surface area contributed by atoms with Gasteiger partial charge in [-0.05, 0) is 30.9 Å². The van der Waals surface area contributed by atoms with E-state index in [0.717, 1.165) is 23.8 Å². The van der Waals surface area contributed by atoms with Gasteiger partial charge in [0.05, 0.1) is 6.54 Å². The number of nitrogens with zero attached hydrogens (tertiary/aromatic N) is 1. The average Bonchev–Trinajstić information content (AvgIpc) is 3.21. The number of anilines is 1. The fourth-order valence-corrected chi connectivity index (χ4v) is 2.98. The largest absolute Gasteiger partial charge is 0.308 e. The van der Waals surface area contributed by atoms with Crippen LogP contribution in [0.25, 0.3) is 0 Å². The first-order valence-electron chi connectivity index (χ1n) is 7.29. The van der Waals surface area contributed by atoms with Crippen molar-refractivity contribution in [2.24, 2.45) is 5.92 Å². The van der Waals surface area contributed by atoms with Crippen LogP contribution >= 0.6 is 11.3 Å². The first kappa shape index (κ1) is 14.2. The number of thiazole rings is 1. The van der Waals surface area contributed by atoms with Crippen molar-refractivity contribution in [3.05, 3.63) is 47.0 Å². The Labute approximate surface area is 128 Å². The number of aromatic nitrogens is 1. The van der Waals surface area contributed by atoms with Gasteiger partial charge in [0.1, 0.15) is 0 Å². The van der Waals surface area contributed by atoms with E-state index in [1.165, 1.54) is 29.7 Å². The first-order valence-corrected chi connectivity index (χ1v) is 8.10. The molecule has 1 aliphatic carbocycles. The van der Waals surface area contributed by atoms with Crippen molar-refractivity contribution in [3.8, 4) is 0 Å². The molecule has 0 unspecified atom stereocenters. The van der Waals surface area contributed by atoms with Gasteiger partial charge in [-0.25, -0.2) is 4.98 Å². The van der Waals surface area contributed by atoms with Crippen LogP contribution in [0, 0.1) is 5.92 Å². The van der Waals surface area contributed by atoms with Crippen LogP contribution in [-0.4, -0.2) is 24.0 Å². The summed E-state index contributed by atoms with van der Waals surface area (Å²) in [4.78, 5) is 17.2. The molecule has 1 heterocycles. The molecule has 1 fully saturated rings. The zero-order chi connectivity index (χ0) is 14.5. The molecule has 2 N–H and O–H groups in total. The molecule has 4 nitrogen and oxygen atoms in total. The van der Waals surface area contributed by atoms with Crippen LogP contribution in [0.1, 0.15) is 23.3 Å². The standard InChI is InChI=1S/C16H19N3OS/c20-15(11-17-9-13-6-7-13)19-16-18-10-14(21-16)8-12-4-2-1-3-5-12/h1-5,10,13,17H,6-9,11H2,(H,18,19,20). The van der Waals surface area contributed by atoms with Gasteiger partial charge < -0.3 is 10.6 Å². The van der Waals surface area contributed by atoms with Gasteiger partial charge in [-0.2, -0.15) is 0 Å². The highest BCUT2D eigenvalue weighted by molar-refractivity contribution is 7.15. The highest BCUT2D eigenvalue weighted by Gasteiger charge is 2.20. The van der Waals surface area contributed by atoms with Crippen LogP contribution in [0.2, 0.25) is 0 Å². The predicted molar refractivity (Wildman–Crippen MR) is 85.6 cm³/mol. The van der Waals surface area contributed by atoms with E-state index in [1.54, 1.807) is 0 Å². The van der Waals surface area contributed by atoms with Gasteiger partial charge in [0.25, 0.3) is 0 Å². The van der Waals surface area contributed by atoms with Gasteiger partial charge >= 0.3 is 0 Å². The van der Waals surface area contributed by atoms with E-state index >= 15 is 0 Å². The Morgan fingerprint density at radius 1 is 1.29 bits per heavy atom. The Morgan fingerprint density at radius 3 is 2.86 bits per heavy atom. The van der Waals surface area contributed by atoms with Crippen molar-refractivity contribution in [3.63, 3.8) is 0 Å². The Kier molecular flexibility index (Phi) is 4.62. The summed E-state index contributed by atoms with van der Waals surface area (Å²) in [5.41, 5.74) is 1.25. The molecule has 1 aliphatic rings. The summed E-state index contributed by atoms with van der Waals surface area (Å²) in [6.45, 7) is 1.31. The summed E-state index contributed by atoms with van der Waals surface area (Å²) >= 11 is 1.54. The molecule has 1 amide bonds. The quantitative estimate of drug-likeness (QED) is 0.826. The maximum Gasteiger partial charge on any atom is 0.240 e. The zero-order valence-corrected chi connectivity index (χ0v) is 12.7. The normalized spacial score (nSPS) is 14.1. The van der Waals surface area contributed by atoms with Gasteiger partial charge in [-0.15, -0.1) is 11.3 Å². The number of nitrogens with one attached hydrogen (secondary N) is 2. The van der Waals surface area contributed by atoms with E-state index < -0.39 is 0 Å². The molecule has 3 rings (SSSR count). The van der Waals surface area contributed by atoms with Crippen LogP contribution in [0.3, 0.4) is 0 Å². The third kappa shape index (κ3) is 4.65. The van der Waals surface area contributed by atoms with Crippen molar-refractivity contribution in [2.45, 2.75) is 19.3 Å². The summed E-state index contributed by atoms with van der Waals surface area (Å²) in [5, 5.41) is 6.71. The van der Waals surface area contributed by atoms with Gasteiger partial charge in [0.2, 0.25) is 5.91 Å². The third-order valence-corrected chi connectivity index (χ3v) is 4.35. The number of carbonyl (C=O) groups is 1. The summed E-state index contributed by atoms with van der Waals surface area (Å²) in [6.07, 6.45) is 5.28. The molecule has 0 bridgehead atoms. The van der Waals surface area contributed by atoms with Crippen LogP contribution in [0.5, 0.6) is 0 Å². The van der Waals surface area contributed by atoms with Crippen molar-refractivity contribution in [1.29, 1.82) is 0 Å². The Balaban J connectivity index is 1.46. The second-order valence-electron chi connectivity index (χ2n) is 5.42. The molecule has 1 aromatic carbocycles. The zero-order valence-electron chi connectivity index (χ0n) is 11.8. The second-order valence-corrected chi connectivity index (χ2v) is 6.53. The Morgan fingerprint density at radius 2 is 2.10 bits per heavy atom. The van der Waals surface area contributed by atoms with Crippen LogP contribution in [0.4, 0.5) is 5.13 Å². The molecule has 5 heteroatoms. The number of hydrogen-bond donors (Lipinski definition) is 2. The second kappa shape index (κ2) is 6.83. The minimum Gasteiger partial charge on any atom is -0.308 e. The molecule has 21 heavy (non-hydrogen) atoms. The lowest BCUT2D eigenvalue weighted by Gasteiger charge is -2.03. The lowest BCUT2D eigenvalue weighted by atomic mass is 10.1. The smallest absolute Gasteiger partial charge is 0.240 e. The van der Waals surface area contributed by atoms with Gasteiger partial charge in [0.15, 0.2) is 5.13 Å². The molecule has 0 saturated heterocycles. The molecule has 1 aromatic heterocycles. The fraction of sp³-hybridized carbons (Fsp3) is 0.375. The fourth-order valence-electron chi connectivity index (χ4n) is 2.12. The molecule has 1 saturated carbocycles. The van der Waals surface area contributed by atoms with Crippen molar-refractivity contribution < 1.29 is 4.79 Å². The lowest BCUT2D eigenvalue weighted by Crippen LogP contribution is -2.29. The lowest BCUT2D eigenvalue weighted by molar-refractivity contribution is -0.115. The first-order chi connectivity index (χ1) is 10.3. The van der Waals surface area contributed by atoms with E-state index in [9.17, 15) is 4.79 Å². The van der Waals surface area contributed by atoms with Crippen molar-refractivity contribution in [2.75, 3.05) is 18.4 Å². The summed E-state index contributed by atoms with van der Waals surface area (Å²) in [7, 11) is 0. The van der Waals surface area contributed by atoms with Crippen molar-refractivity contribution >= 4 is 22.4 Å². The number of carbonyl (C=O) groups excluding carboxylic acids is 1. The Hall–Kier alpha value is -1.72. The molecule has 0 radical (unpaired) electrons. The minimum absolute atomic E-state index is 0.0174. The SMILES string of the molecule is O=C(CNCC1CC1)Nc1ncc(Cc2ccccc2)s1. The molecule has 2 aromatic rings. The third-order valence-electron chi connectivity index (χ3n) is 3.44. The van der Waals surface area contributed by atoms with Crippen molar-refractivity contribution in [1.82, 2.24) is 10.3 Å². The van der Waals surface area contributed by atoms with E-state index in [0.29, 0.717) is 11.7 Å². The summed E-state index contributed by atoms with van der Waals surface area (Å²) < 4.78 is 0. The van der Waals surface area contributed by atoms with Gasteiger partial charge in [0, 0.05) is 17.5 Å². The number of amides is 1. The van der Waals surface area contributed by atoms with Crippen LogP contribution < -0.4 is 10.6 Å². The van der Waals surface area contributed by atoms with Crippen LogP contribution in [0.15, 0.2) is 36.5 Å². The van der Waals surface area contributed by atoms with Crippen LogP contribution in [-0.2, 0) is 11.2 Å². The maximum atomic E-state index is 11.8. The minimum atomic E-state index is -0.0174. The molecule has 0 atom stereocenters. The molecule has 0 aliphatic heterocycles. The van der Waals surface area contributed by atoms with E-state index in [-0.39, 0.29) is 5.91 Å². The highest BCUT2D eigenvalue weighted by atomic mass is 32.1. The van der Waals surface area contributed by atoms with Gasteiger partial charge in [-0.1, -0.05) is 30.3 Å². The average molecular weight is 301 g/mol. The van der Waals surface area contributed by atoms with E-state index in [4.69, 9.17) is 0 Å². The molecule has 0 spiro atoms. The molecular weight excluding hydrogens is 282 g/mol. The topological polar surface area (TPSA) is 54.0 Å². The van der Waals surface area contributed by atoms with E-state index in [1.807, 2.05) is 24.4 Å². The summed E-state index contributed by atoms with van der Waals surface area (Å²) in [5.74, 6) is 0.770. The van der Waals surface area contributed by atoms with Gasteiger partial charge in [-0.3, -0.25) is 4.79 Å². The maximum absolute atomic E-state index is 11.8.